The summed E-state index contributed by atoms with van der Waals surface area (Å²) in [5.41, 5.74) is 1.98. The molecule has 0 fully saturated rings. The number of carbonyl (C=O) groups is 1. The molecule has 0 saturated carbocycles. The molecule has 4 aromatic rings. The van der Waals surface area contributed by atoms with Gasteiger partial charge in [0.05, 0.1) is 12.3 Å². The first-order chi connectivity index (χ1) is 14.1. The highest BCUT2D eigenvalue weighted by molar-refractivity contribution is 7.16. The number of pyridine rings is 1. The number of anilines is 2. The Labute approximate surface area is 177 Å². The number of thiophene rings is 2. The number of carbonyl (C=O) groups excluding carboxylic acids is 1. The van der Waals surface area contributed by atoms with Crippen molar-refractivity contribution in [3.05, 3.63) is 86.9 Å². The van der Waals surface area contributed by atoms with Crippen molar-refractivity contribution >= 4 is 39.4 Å². The summed E-state index contributed by atoms with van der Waals surface area (Å²) in [7, 11) is 0. The Hall–Kier alpha value is -2.90. The minimum absolute atomic E-state index is 0.118. The maximum atomic E-state index is 12.6. The molecular weight excluding hydrogens is 402 g/mol. The smallest absolute Gasteiger partial charge is 0.291 e. The van der Waals surface area contributed by atoms with Gasteiger partial charge in [-0.05, 0) is 55.1 Å². The first-order valence-electron chi connectivity index (χ1n) is 9.35. The van der Waals surface area contributed by atoms with Crippen LogP contribution in [0.3, 0.4) is 0 Å². The molecule has 0 aromatic carbocycles. The number of rotatable bonds is 7. The Morgan fingerprint density at radius 3 is 2.79 bits per heavy atom. The van der Waals surface area contributed by atoms with Crippen LogP contribution in [0.1, 0.15) is 44.5 Å². The number of furan rings is 1. The summed E-state index contributed by atoms with van der Waals surface area (Å²) >= 11 is 3.27. The molecule has 1 amide bonds. The van der Waals surface area contributed by atoms with Gasteiger partial charge in [0.1, 0.15) is 10.8 Å². The first-order valence-corrected chi connectivity index (χ1v) is 11.0. The second-order valence-electron chi connectivity index (χ2n) is 6.54. The summed E-state index contributed by atoms with van der Waals surface area (Å²) in [4.78, 5) is 19.6. The molecule has 0 radical (unpaired) electrons. The summed E-state index contributed by atoms with van der Waals surface area (Å²) in [6.07, 6.45) is 2.40. The van der Waals surface area contributed by atoms with E-state index >= 15 is 0 Å². The van der Waals surface area contributed by atoms with E-state index in [1.807, 2.05) is 31.2 Å². The minimum Gasteiger partial charge on any atom is -0.459 e. The number of hydrogen-bond donors (Lipinski definition) is 2. The van der Waals surface area contributed by atoms with Gasteiger partial charge < -0.3 is 15.1 Å². The van der Waals surface area contributed by atoms with Crippen LogP contribution >= 0.6 is 22.7 Å². The van der Waals surface area contributed by atoms with Crippen LogP contribution in [0.4, 0.5) is 10.8 Å². The molecule has 4 aromatic heterocycles. The van der Waals surface area contributed by atoms with Crippen LogP contribution in [0, 0.1) is 6.92 Å². The first kappa shape index (κ1) is 19.4. The molecule has 0 aliphatic heterocycles. The molecule has 0 bridgehead atoms. The second kappa shape index (κ2) is 8.63. The summed E-state index contributed by atoms with van der Waals surface area (Å²) in [6, 6.07) is 15.5. The Balaban J connectivity index is 1.71. The average Bonchev–Trinajstić information content (AvgIpc) is 3.47. The summed E-state index contributed by atoms with van der Waals surface area (Å²) in [5, 5.41) is 9.47. The lowest BCUT2D eigenvalue weighted by atomic mass is 10.1. The zero-order chi connectivity index (χ0) is 20.2. The number of nitrogens with one attached hydrogen (secondary N) is 2. The van der Waals surface area contributed by atoms with Crippen LogP contribution in [-0.4, -0.2) is 10.9 Å². The molecule has 4 rings (SSSR count). The van der Waals surface area contributed by atoms with Crippen molar-refractivity contribution in [2.75, 3.05) is 10.6 Å². The Morgan fingerprint density at radius 2 is 2.10 bits per heavy atom. The molecule has 5 nitrogen and oxygen atoms in total. The predicted octanol–water partition coefficient (Wildman–Crippen LogP) is 6.12. The van der Waals surface area contributed by atoms with Crippen LogP contribution in [0.2, 0.25) is 0 Å². The van der Waals surface area contributed by atoms with Gasteiger partial charge in [0.2, 0.25) is 0 Å². The van der Waals surface area contributed by atoms with Crippen molar-refractivity contribution in [2.45, 2.75) is 26.3 Å². The zero-order valence-corrected chi connectivity index (χ0v) is 17.8. The molecule has 0 unspecified atom stereocenters. The molecule has 29 heavy (non-hydrogen) atoms. The molecule has 4 heterocycles. The number of amides is 1. The highest BCUT2D eigenvalue weighted by Gasteiger charge is 2.24. The van der Waals surface area contributed by atoms with Gasteiger partial charge in [-0.1, -0.05) is 19.1 Å². The molecule has 0 saturated heterocycles. The lowest BCUT2D eigenvalue weighted by Gasteiger charge is -2.19. The SMILES string of the molecule is CCc1cc([C@H](Nc2cccc(C)n2)c2cccs2)c(NC(=O)c2ccco2)s1. The Morgan fingerprint density at radius 1 is 1.21 bits per heavy atom. The maximum absolute atomic E-state index is 12.6. The standard InChI is InChI=1S/C22H21N3O2S2/c1-3-15-13-16(22(29-15)25-21(26)17-8-5-11-27-17)20(18-9-6-12-28-18)24-19-10-4-7-14(2)23-19/h4-13,20H,3H2,1-2H3,(H,23,24)(H,25,26)/t20-/m0/s1. The largest absolute Gasteiger partial charge is 0.459 e. The molecule has 7 heteroatoms. The fraction of sp³-hybridized carbons (Fsp3) is 0.182. The van der Waals surface area contributed by atoms with Gasteiger partial charge >= 0.3 is 0 Å². The number of nitrogens with zero attached hydrogens (tertiary/aromatic N) is 1. The summed E-state index contributed by atoms with van der Waals surface area (Å²) < 4.78 is 5.25. The van der Waals surface area contributed by atoms with E-state index < -0.39 is 0 Å². The van der Waals surface area contributed by atoms with Gasteiger partial charge in [-0.2, -0.15) is 0 Å². The zero-order valence-electron chi connectivity index (χ0n) is 16.1. The van der Waals surface area contributed by atoms with Gasteiger partial charge in [-0.25, -0.2) is 4.98 Å². The van der Waals surface area contributed by atoms with E-state index in [-0.39, 0.29) is 11.9 Å². The van der Waals surface area contributed by atoms with Crippen LogP contribution < -0.4 is 10.6 Å². The van der Waals surface area contributed by atoms with Crippen molar-refractivity contribution in [1.29, 1.82) is 0 Å². The molecule has 2 N–H and O–H groups in total. The van der Waals surface area contributed by atoms with Crippen molar-refractivity contribution < 1.29 is 9.21 Å². The van der Waals surface area contributed by atoms with Crippen molar-refractivity contribution in [1.82, 2.24) is 4.98 Å². The quantitative estimate of drug-likeness (QED) is 0.376. The predicted molar refractivity (Wildman–Crippen MR) is 119 cm³/mol. The third-order valence-electron chi connectivity index (χ3n) is 4.45. The number of aryl methyl sites for hydroxylation is 2. The van der Waals surface area contributed by atoms with Gasteiger partial charge in [0.15, 0.2) is 5.76 Å². The topological polar surface area (TPSA) is 67.2 Å². The molecular formula is C22H21N3O2S2. The van der Waals surface area contributed by atoms with E-state index in [1.54, 1.807) is 34.8 Å². The van der Waals surface area contributed by atoms with Crippen molar-refractivity contribution in [3.8, 4) is 0 Å². The van der Waals surface area contributed by atoms with E-state index in [2.05, 4.69) is 40.1 Å². The normalized spacial score (nSPS) is 11.9. The van der Waals surface area contributed by atoms with Crippen LogP contribution in [0.5, 0.6) is 0 Å². The molecule has 0 aliphatic rings. The van der Waals surface area contributed by atoms with Crippen molar-refractivity contribution in [2.24, 2.45) is 0 Å². The second-order valence-corrected chi connectivity index (χ2v) is 8.66. The fourth-order valence-electron chi connectivity index (χ4n) is 3.05. The molecule has 1 atom stereocenters. The monoisotopic (exact) mass is 423 g/mol. The van der Waals surface area contributed by atoms with Gasteiger partial charge in [0.25, 0.3) is 5.91 Å². The molecule has 148 valence electrons. The Kier molecular flexibility index (Phi) is 5.78. The van der Waals surface area contributed by atoms with E-state index in [9.17, 15) is 4.79 Å². The lowest BCUT2D eigenvalue weighted by Crippen LogP contribution is -2.16. The van der Waals surface area contributed by atoms with Gasteiger partial charge in [0, 0.05) is 21.0 Å². The molecule has 0 aliphatic carbocycles. The summed E-state index contributed by atoms with van der Waals surface area (Å²) in [6.45, 7) is 4.09. The molecule has 0 spiro atoms. The van der Waals surface area contributed by atoms with E-state index in [0.717, 1.165) is 33.4 Å². The summed E-state index contributed by atoms with van der Waals surface area (Å²) in [5.74, 6) is 0.846. The maximum Gasteiger partial charge on any atom is 0.291 e. The minimum atomic E-state index is -0.251. The van der Waals surface area contributed by atoms with Crippen LogP contribution in [0.15, 0.2) is 64.6 Å². The lowest BCUT2D eigenvalue weighted by molar-refractivity contribution is 0.0997. The van der Waals surface area contributed by atoms with E-state index in [1.165, 1.54) is 11.1 Å². The van der Waals surface area contributed by atoms with E-state index in [0.29, 0.717) is 5.76 Å². The number of hydrogen-bond acceptors (Lipinski definition) is 6. The third kappa shape index (κ3) is 4.41. The highest BCUT2D eigenvalue weighted by Crippen LogP contribution is 2.39. The fourth-order valence-corrected chi connectivity index (χ4v) is 4.87. The van der Waals surface area contributed by atoms with Crippen molar-refractivity contribution in [3.63, 3.8) is 0 Å². The highest BCUT2D eigenvalue weighted by atomic mass is 32.1. The van der Waals surface area contributed by atoms with E-state index in [4.69, 9.17) is 4.42 Å². The van der Waals surface area contributed by atoms with Crippen LogP contribution in [-0.2, 0) is 6.42 Å². The number of aromatic nitrogens is 1. The van der Waals surface area contributed by atoms with Gasteiger partial charge in [-0.15, -0.1) is 22.7 Å². The van der Waals surface area contributed by atoms with Gasteiger partial charge in [-0.3, -0.25) is 4.79 Å². The Bertz CT molecular complexity index is 1090. The third-order valence-corrected chi connectivity index (χ3v) is 6.60. The average molecular weight is 424 g/mol. The van der Waals surface area contributed by atoms with Crippen LogP contribution in [0.25, 0.3) is 0 Å².